The van der Waals surface area contributed by atoms with Crippen LogP contribution in [0.25, 0.3) is 0 Å². The predicted octanol–water partition coefficient (Wildman–Crippen LogP) is 6.86. The van der Waals surface area contributed by atoms with Crippen LogP contribution in [0.2, 0.25) is 0 Å². The van der Waals surface area contributed by atoms with E-state index in [2.05, 4.69) is 0 Å². The van der Waals surface area contributed by atoms with Crippen LogP contribution in [0.5, 0.6) is 5.75 Å². The molecule has 3 aliphatic carbocycles. The lowest BCUT2D eigenvalue weighted by molar-refractivity contribution is 0.0579. The van der Waals surface area contributed by atoms with Crippen LogP contribution in [0, 0.1) is 17.7 Å². The van der Waals surface area contributed by atoms with Gasteiger partial charge < -0.3 is 9.47 Å². The van der Waals surface area contributed by atoms with Crippen molar-refractivity contribution in [3.63, 3.8) is 0 Å². The molecule has 2 fully saturated rings. The molecule has 4 rings (SSSR count). The lowest BCUT2D eigenvalue weighted by Gasteiger charge is -2.36. The molecule has 2 nitrogen and oxygen atoms in total. The van der Waals surface area contributed by atoms with Gasteiger partial charge in [-0.1, -0.05) is 18.2 Å². The van der Waals surface area contributed by atoms with Crippen LogP contribution in [0.15, 0.2) is 41.5 Å². The number of halogens is 3. The van der Waals surface area contributed by atoms with Gasteiger partial charge in [0.25, 0.3) is 0 Å². The lowest BCUT2D eigenvalue weighted by Crippen LogP contribution is -2.34. The summed E-state index contributed by atoms with van der Waals surface area (Å²) in [5, 5.41) is 0. The van der Waals surface area contributed by atoms with E-state index in [9.17, 15) is 4.39 Å². The topological polar surface area (TPSA) is 18.5 Å². The fraction of sp³-hybridized carbons (Fsp3) is 0.615. The molecular formula is C26H33F3O2. The van der Waals surface area contributed by atoms with Crippen molar-refractivity contribution in [3.05, 3.63) is 52.9 Å². The average molecular weight is 435 g/mol. The standard InChI is InChI=1S/C26H33F3O2/c1-30-20-10-7-18(8-11-20)22-13-12-21(25(28)26(22)29)17-5-3-16(4-6-17)19-9-14-24(31-2)23(27)15-19/h9,12-18,20,25-26H,3-8,10-11H2,1-2H3. The highest BCUT2D eigenvalue weighted by Crippen LogP contribution is 2.44. The first-order valence-electron chi connectivity index (χ1n) is 11.6. The van der Waals surface area contributed by atoms with Crippen molar-refractivity contribution in [3.8, 4) is 5.75 Å². The zero-order valence-electron chi connectivity index (χ0n) is 18.5. The summed E-state index contributed by atoms with van der Waals surface area (Å²) in [6.45, 7) is 0. The second-order valence-electron chi connectivity index (χ2n) is 9.29. The second-order valence-corrected chi connectivity index (χ2v) is 9.29. The Hall–Kier alpha value is -1.75. The normalized spacial score (nSPS) is 34.1. The SMILES string of the molecule is COc1ccc(C2CCC(C3=CC=C(C4CCC(OC)CC4)C(F)C3F)CC2)cc1F. The third-order valence-corrected chi connectivity index (χ3v) is 7.69. The van der Waals surface area contributed by atoms with Gasteiger partial charge in [-0.05, 0) is 98.0 Å². The van der Waals surface area contributed by atoms with Crippen LogP contribution >= 0.6 is 0 Å². The summed E-state index contributed by atoms with van der Waals surface area (Å²) >= 11 is 0. The third-order valence-electron chi connectivity index (χ3n) is 7.69. The number of methoxy groups -OCH3 is 2. The number of rotatable bonds is 5. The van der Waals surface area contributed by atoms with E-state index in [1.54, 1.807) is 19.2 Å². The van der Waals surface area contributed by atoms with Crippen molar-refractivity contribution >= 4 is 0 Å². The van der Waals surface area contributed by atoms with E-state index in [0.29, 0.717) is 11.1 Å². The van der Waals surface area contributed by atoms with Crippen molar-refractivity contribution in [1.29, 1.82) is 0 Å². The molecule has 2 saturated carbocycles. The van der Waals surface area contributed by atoms with Gasteiger partial charge in [-0.25, -0.2) is 13.2 Å². The molecule has 1 aromatic carbocycles. The number of allylic oxidation sites excluding steroid dienone is 4. The van der Waals surface area contributed by atoms with E-state index < -0.39 is 12.3 Å². The van der Waals surface area contributed by atoms with Gasteiger partial charge in [-0.3, -0.25) is 0 Å². The summed E-state index contributed by atoms with van der Waals surface area (Å²) in [5.41, 5.74) is 2.21. The quantitative estimate of drug-likeness (QED) is 0.504. The molecule has 0 N–H and O–H groups in total. The molecule has 0 saturated heterocycles. The summed E-state index contributed by atoms with van der Waals surface area (Å²) < 4.78 is 54.7. The highest BCUT2D eigenvalue weighted by atomic mass is 19.2. The van der Waals surface area contributed by atoms with E-state index in [1.807, 2.05) is 18.2 Å². The average Bonchev–Trinajstić information content (AvgIpc) is 2.81. The van der Waals surface area contributed by atoms with Crippen molar-refractivity contribution < 1.29 is 22.6 Å². The van der Waals surface area contributed by atoms with Crippen LogP contribution in [-0.2, 0) is 4.74 Å². The van der Waals surface area contributed by atoms with E-state index in [4.69, 9.17) is 9.47 Å². The molecule has 0 aromatic heterocycles. The molecule has 31 heavy (non-hydrogen) atoms. The van der Waals surface area contributed by atoms with Crippen molar-refractivity contribution in [2.45, 2.75) is 75.7 Å². The Balaban J connectivity index is 1.39. The Morgan fingerprint density at radius 1 is 0.742 bits per heavy atom. The molecule has 0 bridgehead atoms. The summed E-state index contributed by atoms with van der Waals surface area (Å²) in [4.78, 5) is 0. The van der Waals surface area contributed by atoms with Crippen LogP contribution in [0.4, 0.5) is 13.2 Å². The van der Waals surface area contributed by atoms with Gasteiger partial charge in [0.2, 0.25) is 0 Å². The van der Waals surface area contributed by atoms with Crippen LogP contribution in [0.3, 0.4) is 0 Å². The van der Waals surface area contributed by atoms with Gasteiger partial charge in [-0.2, -0.15) is 0 Å². The minimum atomic E-state index is -1.54. The zero-order valence-corrected chi connectivity index (χ0v) is 18.5. The Kier molecular flexibility index (Phi) is 7.10. The predicted molar refractivity (Wildman–Crippen MR) is 116 cm³/mol. The van der Waals surface area contributed by atoms with Crippen molar-refractivity contribution in [2.24, 2.45) is 11.8 Å². The first-order valence-corrected chi connectivity index (χ1v) is 11.6. The number of benzene rings is 1. The molecule has 170 valence electrons. The maximum atomic E-state index is 15.2. The molecule has 0 heterocycles. The largest absolute Gasteiger partial charge is 0.494 e. The highest BCUT2D eigenvalue weighted by Gasteiger charge is 2.39. The fourth-order valence-electron chi connectivity index (χ4n) is 5.77. The molecular weight excluding hydrogens is 401 g/mol. The smallest absolute Gasteiger partial charge is 0.165 e. The maximum absolute atomic E-state index is 15.2. The number of ether oxygens (including phenoxy) is 2. The Bertz CT molecular complexity index is 818. The highest BCUT2D eigenvalue weighted by molar-refractivity contribution is 5.36. The second kappa shape index (κ2) is 9.81. The van der Waals surface area contributed by atoms with Gasteiger partial charge in [0.15, 0.2) is 23.9 Å². The molecule has 2 unspecified atom stereocenters. The Labute approximate surface area is 183 Å². The fourth-order valence-corrected chi connectivity index (χ4v) is 5.77. The van der Waals surface area contributed by atoms with Gasteiger partial charge in [0.1, 0.15) is 0 Å². The molecule has 5 heteroatoms. The van der Waals surface area contributed by atoms with E-state index in [1.165, 1.54) is 7.11 Å². The molecule has 0 spiro atoms. The minimum Gasteiger partial charge on any atom is -0.494 e. The molecule has 2 atom stereocenters. The van der Waals surface area contributed by atoms with Crippen LogP contribution in [0.1, 0.15) is 62.8 Å². The monoisotopic (exact) mass is 434 g/mol. The third kappa shape index (κ3) is 4.72. The summed E-state index contributed by atoms with van der Waals surface area (Å²) in [6.07, 6.45) is 7.77. The number of hydrogen-bond donors (Lipinski definition) is 0. The van der Waals surface area contributed by atoms with E-state index in [0.717, 1.165) is 56.9 Å². The summed E-state index contributed by atoms with van der Waals surface area (Å²) in [5.74, 6) is 0.339. The number of alkyl halides is 2. The Morgan fingerprint density at radius 2 is 1.26 bits per heavy atom. The van der Waals surface area contributed by atoms with Crippen LogP contribution < -0.4 is 4.74 Å². The molecule has 0 amide bonds. The molecule has 1 aromatic rings. The first kappa shape index (κ1) is 22.4. The van der Waals surface area contributed by atoms with Gasteiger partial charge >= 0.3 is 0 Å². The maximum Gasteiger partial charge on any atom is 0.165 e. The molecule has 3 aliphatic rings. The zero-order chi connectivity index (χ0) is 22.0. The lowest BCUT2D eigenvalue weighted by atomic mass is 9.71. The Morgan fingerprint density at radius 3 is 1.74 bits per heavy atom. The minimum absolute atomic E-state index is 0.0645. The number of hydrogen-bond acceptors (Lipinski definition) is 2. The van der Waals surface area contributed by atoms with Gasteiger partial charge in [0.05, 0.1) is 13.2 Å². The van der Waals surface area contributed by atoms with Crippen LogP contribution in [-0.4, -0.2) is 32.7 Å². The van der Waals surface area contributed by atoms with E-state index >= 15 is 8.78 Å². The summed E-state index contributed by atoms with van der Waals surface area (Å²) in [7, 11) is 3.17. The van der Waals surface area contributed by atoms with E-state index in [-0.39, 0.29) is 35.4 Å². The van der Waals surface area contributed by atoms with Gasteiger partial charge in [-0.15, -0.1) is 0 Å². The van der Waals surface area contributed by atoms with Gasteiger partial charge in [0, 0.05) is 7.11 Å². The molecule has 0 radical (unpaired) electrons. The molecule has 0 aliphatic heterocycles. The summed E-state index contributed by atoms with van der Waals surface area (Å²) in [6, 6.07) is 5.13. The van der Waals surface area contributed by atoms with Crippen molar-refractivity contribution in [1.82, 2.24) is 0 Å². The first-order chi connectivity index (χ1) is 15.0. The van der Waals surface area contributed by atoms with Crippen molar-refractivity contribution in [2.75, 3.05) is 14.2 Å².